The van der Waals surface area contributed by atoms with Crippen LogP contribution in [0.5, 0.6) is 5.75 Å². The molecule has 0 saturated carbocycles. The smallest absolute Gasteiger partial charge is 0.343 e. The van der Waals surface area contributed by atoms with Crippen LogP contribution >= 0.6 is 0 Å². The van der Waals surface area contributed by atoms with Gasteiger partial charge in [-0.05, 0) is 60.7 Å². The third-order valence-corrected chi connectivity index (χ3v) is 5.67. The number of halogens is 1. The fourth-order valence-corrected chi connectivity index (χ4v) is 3.64. The molecule has 0 aliphatic rings. The molecule has 1 aromatic heterocycles. The number of nitrogens with zero attached hydrogens (tertiary/aromatic N) is 1. The van der Waals surface area contributed by atoms with Crippen LogP contribution in [-0.2, 0) is 12.8 Å². The van der Waals surface area contributed by atoms with Crippen LogP contribution < -0.4 is 4.74 Å². The van der Waals surface area contributed by atoms with E-state index in [1.165, 1.54) is 56.2 Å². The molecular weight excluding hydrogens is 401 g/mol. The Bertz CT molecular complexity index is 997. The molecule has 32 heavy (non-hydrogen) atoms. The summed E-state index contributed by atoms with van der Waals surface area (Å²) in [6.45, 7) is 4.18. The Hall–Kier alpha value is -3.01. The molecular formula is C28H32FNO2. The summed E-state index contributed by atoms with van der Waals surface area (Å²) >= 11 is 0. The first kappa shape index (κ1) is 23.6. The molecule has 3 nitrogen and oxygen atoms in total. The lowest BCUT2D eigenvalue weighted by molar-refractivity contribution is 0.0728. The maximum absolute atomic E-state index is 14.1. The Labute approximate surface area is 190 Å². The zero-order valence-electron chi connectivity index (χ0n) is 19.1. The van der Waals surface area contributed by atoms with Crippen LogP contribution in [0.15, 0.2) is 60.8 Å². The number of rotatable bonds is 11. The molecule has 0 aliphatic heterocycles. The van der Waals surface area contributed by atoms with E-state index in [0.717, 1.165) is 29.7 Å². The molecule has 168 valence electrons. The van der Waals surface area contributed by atoms with Crippen molar-refractivity contribution < 1.29 is 13.9 Å². The first-order valence-corrected chi connectivity index (χ1v) is 11.7. The summed E-state index contributed by atoms with van der Waals surface area (Å²) in [5.74, 6) is -1.17. The normalized spacial score (nSPS) is 10.8. The number of pyridine rings is 1. The van der Waals surface area contributed by atoms with Gasteiger partial charge in [0.05, 0.1) is 11.3 Å². The van der Waals surface area contributed by atoms with Crippen LogP contribution in [-0.4, -0.2) is 11.0 Å². The molecule has 0 fully saturated rings. The molecule has 3 aromatic rings. The van der Waals surface area contributed by atoms with E-state index in [4.69, 9.17) is 4.74 Å². The average Bonchev–Trinajstić information content (AvgIpc) is 2.83. The van der Waals surface area contributed by atoms with Crippen molar-refractivity contribution in [1.82, 2.24) is 4.98 Å². The Morgan fingerprint density at radius 1 is 0.875 bits per heavy atom. The highest BCUT2D eigenvalue weighted by Gasteiger charge is 2.13. The lowest BCUT2D eigenvalue weighted by Crippen LogP contribution is -2.09. The third kappa shape index (κ3) is 6.74. The molecule has 1 heterocycles. The topological polar surface area (TPSA) is 39.2 Å². The summed E-state index contributed by atoms with van der Waals surface area (Å²) in [6, 6.07) is 15.8. The molecule has 0 radical (unpaired) electrons. The zero-order valence-corrected chi connectivity index (χ0v) is 19.1. The SMILES string of the molecule is CCCCCCCCc1ccc(-c2ccc(C(=O)Oc3ccc(CC)cc3F)cc2)nc1. The number of carbonyl (C=O) groups is 1. The van der Waals surface area contributed by atoms with Crippen LogP contribution in [0.25, 0.3) is 11.3 Å². The Kier molecular flexibility index (Phi) is 8.97. The van der Waals surface area contributed by atoms with Gasteiger partial charge in [0, 0.05) is 11.8 Å². The quantitative estimate of drug-likeness (QED) is 0.178. The number of carbonyl (C=O) groups excluding carboxylic acids is 1. The predicted molar refractivity (Wildman–Crippen MR) is 127 cm³/mol. The van der Waals surface area contributed by atoms with Crippen LogP contribution in [0.4, 0.5) is 4.39 Å². The molecule has 3 rings (SSSR count). The van der Waals surface area contributed by atoms with Gasteiger partial charge in [0.15, 0.2) is 11.6 Å². The summed E-state index contributed by atoms with van der Waals surface area (Å²) < 4.78 is 19.3. The number of benzene rings is 2. The molecule has 4 heteroatoms. The maximum atomic E-state index is 14.1. The van der Waals surface area contributed by atoms with Crippen molar-refractivity contribution in [3.8, 4) is 17.0 Å². The van der Waals surface area contributed by atoms with Gasteiger partial charge in [-0.25, -0.2) is 9.18 Å². The lowest BCUT2D eigenvalue weighted by atomic mass is 10.0. The minimum atomic E-state index is -0.582. The summed E-state index contributed by atoms with van der Waals surface area (Å²) in [6.07, 6.45) is 11.4. The van der Waals surface area contributed by atoms with E-state index in [9.17, 15) is 9.18 Å². The highest BCUT2D eigenvalue weighted by molar-refractivity contribution is 5.91. The van der Waals surface area contributed by atoms with Gasteiger partial charge in [0.2, 0.25) is 0 Å². The van der Waals surface area contributed by atoms with E-state index >= 15 is 0 Å². The first-order chi connectivity index (χ1) is 15.6. The average molecular weight is 434 g/mol. The number of hydrogen-bond donors (Lipinski definition) is 0. The van der Waals surface area contributed by atoms with E-state index < -0.39 is 11.8 Å². The summed E-state index contributed by atoms with van der Waals surface area (Å²) in [5.41, 5.74) is 4.26. The Morgan fingerprint density at radius 3 is 2.25 bits per heavy atom. The Balaban J connectivity index is 1.55. The summed E-state index contributed by atoms with van der Waals surface area (Å²) in [5, 5.41) is 0. The number of aryl methyl sites for hydroxylation is 2. The van der Waals surface area contributed by atoms with Gasteiger partial charge in [-0.3, -0.25) is 4.98 Å². The van der Waals surface area contributed by atoms with Gasteiger partial charge in [0.25, 0.3) is 0 Å². The molecule has 0 amide bonds. The molecule has 0 unspecified atom stereocenters. The third-order valence-electron chi connectivity index (χ3n) is 5.67. The largest absolute Gasteiger partial charge is 0.420 e. The maximum Gasteiger partial charge on any atom is 0.343 e. The first-order valence-electron chi connectivity index (χ1n) is 11.7. The van der Waals surface area contributed by atoms with Crippen molar-refractivity contribution in [3.63, 3.8) is 0 Å². The van der Waals surface area contributed by atoms with E-state index in [2.05, 4.69) is 18.0 Å². The van der Waals surface area contributed by atoms with Crippen LogP contribution in [0.2, 0.25) is 0 Å². The predicted octanol–water partition coefficient (Wildman–Crippen LogP) is 7.57. The second-order valence-corrected chi connectivity index (χ2v) is 8.15. The minimum Gasteiger partial charge on any atom is -0.420 e. The second-order valence-electron chi connectivity index (χ2n) is 8.15. The molecule has 0 bridgehead atoms. The molecule has 2 aromatic carbocycles. The van der Waals surface area contributed by atoms with E-state index in [1.807, 2.05) is 31.3 Å². The fourth-order valence-electron chi connectivity index (χ4n) is 3.64. The van der Waals surface area contributed by atoms with E-state index in [0.29, 0.717) is 5.56 Å². The number of unbranched alkanes of at least 4 members (excludes halogenated alkanes) is 5. The van der Waals surface area contributed by atoms with Gasteiger partial charge in [0.1, 0.15) is 0 Å². The van der Waals surface area contributed by atoms with Crippen LogP contribution in [0, 0.1) is 5.82 Å². The van der Waals surface area contributed by atoms with Crippen molar-refractivity contribution >= 4 is 5.97 Å². The van der Waals surface area contributed by atoms with Crippen molar-refractivity contribution in [2.75, 3.05) is 0 Å². The van der Waals surface area contributed by atoms with Gasteiger partial charge >= 0.3 is 5.97 Å². The van der Waals surface area contributed by atoms with Crippen molar-refractivity contribution in [2.24, 2.45) is 0 Å². The van der Waals surface area contributed by atoms with E-state index in [-0.39, 0.29) is 5.75 Å². The lowest BCUT2D eigenvalue weighted by Gasteiger charge is -2.08. The molecule has 0 aliphatic carbocycles. The van der Waals surface area contributed by atoms with Gasteiger partial charge in [-0.2, -0.15) is 0 Å². The Morgan fingerprint density at radius 2 is 1.59 bits per heavy atom. The molecule has 0 saturated heterocycles. The number of hydrogen-bond acceptors (Lipinski definition) is 3. The number of esters is 1. The standard InChI is InChI=1S/C28H32FNO2/c1-3-5-6-7-8-9-10-22-11-17-26(30-20-22)23-13-15-24(16-14-23)28(31)32-27-18-12-21(4-2)19-25(27)29/h11-20H,3-10H2,1-2H3. The molecule has 0 atom stereocenters. The molecule has 0 spiro atoms. The highest BCUT2D eigenvalue weighted by atomic mass is 19.1. The summed E-state index contributed by atoms with van der Waals surface area (Å²) in [4.78, 5) is 17.0. The van der Waals surface area contributed by atoms with Crippen LogP contribution in [0.1, 0.15) is 73.9 Å². The van der Waals surface area contributed by atoms with E-state index in [1.54, 1.807) is 18.2 Å². The van der Waals surface area contributed by atoms with Gasteiger partial charge in [-0.15, -0.1) is 0 Å². The second kappa shape index (κ2) is 12.1. The van der Waals surface area contributed by atoms with Crippen molar-refractivity contribution in [2.45, 2.75) is 65.2 Å². The molecule has 0 N–H and O–H groups in total. The monoisotopic (exact) mass is 433 g/mol. The fraction of sp³-hybridized carbons (Fsp3) is 0.357. The van der Waals surface area contributed by atoms with Crippen molar-refractivity contribution in [3.05, 3.63) is 83.3 Å². The summed E-state index contributed by atoms with van der Waals surface area (Å²) in [7, 11) is 0. The number of aromatic nitrogens is 1. The van der Waals surface area contributed by atoms with Crippen LogP contribution in [0.3, 0.4) is 0 Å². The number of ether oxygens (including phenoxy) is 1. The zero-order chi connectivity index (χ0) is 22.8. The minimum absolute atomic E-state index is 0.0566. The highest BCUT2D eigenvalue weighted by Crippen LogP contribution is 2.22. The van der Waals surface area contributed by atoms with Crippen molar-refractivity contribution in [1.29, 1.82) is 0 Å². The van der Waals surface area contributed by atoms with Gasteiger partial charge in [-0.1, -0.05) is 70.2 Å². The van der Waals surface area contributed by atoms with Gasteiger partial charge < -0.3 is 4.74 Å².